The Morgan fingerprint density at radius 2 is 1.85 bits per heavy atom. The number of hydrogen-bond donors (Lipinski definition) is 1. The van der Waals surface area contributed by atoms with E-state index in [0.29, 0.717) is 18.2 Å². The number of sulfonamides is 1. The first kappa shape index (κ1) is 23.0. The SMILES string of the molecule is CN(C)c1ccc(NC(=O)c2ccco2)cc1CN(CC1CC1)S(=O)(=O)c1ccc(F)cc1. The molecule has 0 radical (unpaired) electrons. The maximum absolute atomic E-state index is 13.4. The van der Waals surface area contributed by atoms with E-state index in [0.717, 1.165) is 36.2 Å². The molecule has 0 aliphatic heterocycles. The first-order chi connectivity index (χ1) is 15.7. The van der Waals surface area contributed by atoms with Crippen LogP contribution in [0.4, 0.5) is 15.8 Å². The monoisotopic (exact) mass is 471 g/mol. The van der Waals surface area contributed by atoms with Crippen molar-refractivity contribution in [1.82, 2.24) is 4.31 Å². The molecule has 1 aliphatic carbocycles. The molecule has 0 unspecified atom stereocenters. The van der Waals surface area contributed by atoms with Crippen LogP contribution in [0.5, 0.6) is 0 Å². The second-order valence-electron chi connectivity index (χ2n) is 8.36. The van der Waals surface area contributed by atoms with Crippen LogP contribution < -0.4 is 10.2 Å². The van der Waals surface area contributed by atoms with E-state index in [1.54, 1.807) is 24.3 Å². The van der Waals surface area contributed by atoms with Crippen molar-refractivity contribution in [2.75, 3.05) is 30.9 Å². The molecule has 0 saturated heterocycles. The summed E-state index contributed by atoms with van der Waals surface area (Å²) in [5.41, 5.74) is 2.10. The number of amides is 1. The van der Waals surface area contributed by atoms with Gasteiger partial charge in [-0.3, -0.25) is 4.79 Å². The summed E-state index contributed by atoms with van der Waals surface area (Å²) in [4.78, 5) is 14.4. The minimum Gasteiger partial charge on any atom is -0.459 e. The summed E-state index contributed by atoms with van der Waals surface area (Å²) in [7, 11) is -0.0898. The first-order valence-corrected chi connectivity index (χ1v) is 12.1. The molecule has 1 heterocycles. The van der Waals surface area contributed by atoms with E-state index < -0.39 is 21.7 Å². The zero-order chi connectivity index (χ0) is 23.6. The average Bonchev–Trinajstić information content (AvgIpc) is 3.42. The van der Waals surface area contributed by atoms with Crippen molar-refractivity contribution < 1.29 is 22.0 Å². The van der Waals surface area contributed by atoms with Crippen LogP contribution in [0.15, 0.2) is 70.2 Å². The van der Waals surface area contributed by atoms with Crippen LogP contribution in [0.25, 0.3) is 0 Å². The highest BCUT2D eigenvalue weighted by Gasteiger charge is 2.32. The zero-order valence-electron chi connectivity index (χ0n) is 18.5. The molecule has 1 fully saturated rings. The molecule has 174 valence electrons. The van der Waals surface area contributed by atoms with Gasteiger partial charge >= 0.3 is 0 Å². The maximum atomic E-state index is 13.4. The number of benzene rings is 2. The van der Waals surface area contributed by atoms with Gasteiger partial charge < -0.3 is 14.6 Å². The third-order valence-electron chi connectivity index (χ3n) is 5.52. The Morgan fingerprint density at radius 3 is 2.45 bits per heavy atom. The predicted octanol–water partition coefficient (Wildman–Crippen LogP) is 4.34. The molecular formula is C24H26FN3O4S. The van der Waals surface area contributed by atoms with Gasteiger partial charge in [0.2, 0.25) is 10.0 Å². The van der Waals surface area contributed by atoms with Gasteiger partial charge in [-0.05, 0) is 78.9 Å². The van der Waals surface area contributed by atoms with E-state index in [9.17, 15) is 17.6 Å². The quantitative estimate of drug-likeness (QED) is 0.502. The van der Waals surface area contributed by atoms with E-state index in [2.05, 4.69) is 5.32 Å². The third-order valence-corrected chi connectivity index (χ3v) is 7.35. The Bertz CT molecular complexity index is 1220. The minimum absolute atomic E-state index is 0.0539. The van der Waals surface area contributed by atoms with Gasteiger partial charge in [0.05, 0.1) is 11.2 Å². The average molecular weight is 472 g/mol. The fourth-order valence-corrected chi connectivity index (χ4v) is 5.10. The molecule has 33 heavy (non-hydrogen) atoms. The number of anilines is 2. The lowest BCUT2D eigenvalue weighted by molar-refractivity contribution is 0.0996. The summed E-state index contributed by atoms with van der Waals surface area (Å²) in [5.74, 6) is -0.387. The number of furan rings is 1. The topological polar surface area (TPSA) is 82.9 Å². The number of carbonyl (C=O) groups is 1. The Hall–Kier alpha value is -3.17. The van der Waals surface area contributed by atoms with E-state index in [1.807, 2.05) is 25.1 Å². The third kappa shape index (κ3) is 5.43. The van der Waals surface area contributed by atoms with Crippen molar-refractivity contribution in [3.63, 3.8) is 0 Å². The Morgan fingerprint density at radius 1 is 1.12 bits per heavy atom. The molecule has 4 rings (SSSR count). The van der Waals surface area contributed by atoms with E-state index in [-0.39, 0.29) is 17.2 Å². The number of hydrogen-bond acceptors (Lipinski definition) is 5. The van der Waals surface area contributed by atoms with Gasteiger partial charge in [-0.25, -0.2) is 12.8 Å². The van der Waals surface area contributed by atoms with Gasteiger partial charge in [0.25, 0.3) is 5.91 Å². The van der Waals surface area contributed by atoms with E-state index in [1.165, 1.54) is 22.7 Å². The van der Waals surface area contributed by atoms with Crippen LogP contribution in [0.2, 0.25) is 0 Å². The molecule has 3 aromatic rings. The summed E-state index contributed by atoms with van der Waals surface area (Å²) >= 11 is 0. The Labute approximate surface area is 192 Å². The fourth-order valence-electron chi connectivity index (χ4n) is 3.61. The molecule has 2 aromatic carbocycles. The Balaban J connectivity index is 1.65. The summed E-state index contributed by atoms with van der Waals surface area (Å²) < 4.78 is 46.8. The molecule has 0 spiro atoms. The lowest BCUT2D eigenvalue weighted by Gasteiger charge is -2.26. The number of nitrogens with one attached hydrogen (secondary N) is 1. The smallest absolute Gasteiger partial charge is 0.291 e. The van der Waals surface area contributed by atoms with Crippen molar-refractivity contribution in [1.29, 1.82) is 0 Å². The summed E-state index contributed by atoms with van der Waals surface area (Å²) in [6, 6.07) is 13.5. The van der Waals surface area contributed by atoms with Crippen LogP contribution in [0, 0.1) is 11.7 Å². The van der Waals surface area contributed by atoms with Gasteiger partial charge in [0.15, 0.2) is 5.76 Å². The number of halogens is 1. The minimum atomic E-state index is -3.84. The summed E-state index contributed by atoms with van der Waals surface area (Å²) in [6.45, 7) is 0.504. The van der Waals surface area contributed by atoms with Crippen LogP contribution in [-0.4, -0.2) is 39.3 Å². The van der Waals surface area contributed by atoms with Crippen LogP contribution in [0.1, 0.15) is 29.0 Å². The Kier molecular flexibility index (Phi) is 6.53. The predicted molar refractivity (Wildman–Crippen MR) is 124 cm³/mol. The normalized spacial score (nSPS) is 13.8. The number of nitrogens with zero attached hydrogens (tertiary/aromatic N) is 2. The fraction of sp³-hybridized carbons (Fsp3) is 0.292. The first-order valence-electron chi connectivity index (χ1n) is 10.6. The molecular weight excluding hydrogens is 445 g/mol. The van der Waals surface area contributed by atoms with E-state index in [4.69, 9.17) is 4.42 Å². The summed E-state index contributed by atoms with van der Waals surface area (Å²) in [5, 5.41) is 2.79. The van der Waals surface area contributed by atoms with E-state index >= 15 is 0 Å². The molecule has 1 aromatic heterocycles. The van der Waals surface area contributed by atoms with Crippen LogP contribution in [0.3, 0.4) is 0 Å². The summed E-state index contributed by atoms with van der Waals surface area (Å²) in [6.07, 6.45) is 3.38. The molecule has 0 atom stereocenters. The molecule has 1 amide bonds. The van der Waals surface area contributed by atoms with Gasteiger partial charge in [0.1, 0.15) is 5.82 Å². The van der Waals surface area contributed by atoms with Crippen LogP contribution in [-0.2, 0) is 16.6 Å². The molecule has 1 saturated carbocycles. The molecule has 9 heteroatoms. The van der Waals surface area contributed by atoms with Gasteiger partial charge in [-0.15, -0.1) is 0 Å². The number of rotatable bonds is 9. The molecule has 0 bridgehead atoms. The standard InChI is InChI=1S/C24H26FN3O4S/c1-27(2)22-12-9-20(26-24(29)23-4-3-13-32-23)14-18(22)16-28(15-17-5-6-17)33(30,31)21-10-7-19(25)8-11-21/h3-4,7-14,17H,5-6,15-16H2,1-2H3,(H,26,29). The van der Waals surface area contributed by atoms with Gasteiger partial charge in [0, 0.05) is 38.6 Å². The molecule has 1 N–H and O–H groups in total. The largest absolute Gasteiger partial charge is 0.459 e. The van der Waals surface area contributed by atoms with Crippen molar-refractivity contribution in [3.05, 3.63) is 78.0 Å². The second kappa shape index (κ2) is 9.36. The van der Waals surface area contributed by atoms with Gasteiger partial charge in [-0.2, -0.15) is 4.31 Å². The maximum Gasteiger partial charge on any atom is 0.291 e. The van der Waals surface area contributed by atoms with Crippen molar-refractivity contribution >= 4 is 27.3 Å². The number of carbonyl (C=O) groups excluding carboxylic acids is 1. The highest BCUT2D eigenvalue weighted by Crippen LogP contribution is 2.34. The highest BCUT2D eigenvalue weighted by molar-refractivity contribution is 7.89. The second-order valence-corrected chi connectivity index (χ2v) is 10.3. The molecule has 1 aliphatic rings. The zero-order valence-corrected chi connectivity index (χ0v) is 19.3. The highest BCUT2D eigenvalue weighted by atomic mass is 32.2. The van der Waals surface area contributed by atoms with Crippen molar-refractivity contribution in [3.8, 4) is 0 Å². The lowest BCUT2D eigenvalue weighted by atomic mass is 10.1. The lowest BCUT2D eigenvalue weighted by Crippen LogP contribution is -2.33. The van der Waals surface area contributed by atoms with Crippen molar-refractivity contribution in [2.24, 2.45) is 5.92 Å². The van der Waals surface area contributed by atoms with Gasteiger partial charge in [-0.1, -0.05) is 0 Å². The van der Waals surface area contributed by atoms with Crippen LogP contribution >= 0.6 is 0 Å². The molecule has 7 nitrogen and oxygen atoms in total. The van der Waals surface area contributed by atoms with Crippen molar-refractivity contribution in [2.45, 2.75) is 24.3 Å².